The van der Waals surface area contributed by atoms with E-state index in [-0.39, 0.29) is 0 Å². The predicted molar refractivity (Wildman–Crippen MR) is 84.7 cm³/mol. The van der Waals surface area contributed by atoms with E-state index in [1.807, 2.05) is 11.3 Å². The topological polar surface area (TPSA) is 12.0 Å². The first-order chi connectivity index (χ1) is 8.79. The molecule has 1 saturated carbocycles. The lowest BCUT2D eigenvalue weighted by Crippen LogP contribution is -2.40. The van der Waals surface area contributed by atoms with E-state index in [9.17, 15) is 0 Å². The van der Waals surface area contributed by atoms with Gasteiger partial charge in [-0.3, -0.25) is 0 Å². The first kappa shape index (κ1) is 14.4. The molecule has 3 heteroatoms. The Labute approximate surface area is 120 Å². The Morgan fingerprint density at radius 3 is 2.72 bits per heavy atom. The number of thioether (sulfide) groups is 1. The van der Waals surface area contributed by atoms with E-state index in [1.165, 1.54) is 49.9 Å². The van der Waals surface area contributed by atoms with Crippen molar-refractivity contribution >= 4 is 23.1 Å². The molecule has 1 heterocycles. The van der Waals surface area contributed by atoms with Gasteiger partial charge in [-0.2, -0.15) is 11.8 Å². The second-order valence-corrected chi connectivity index (χ2v) is 7.56. The van der Waals surface area contributed by atoms with Gasteiger partial charge in [0.2, 0.25) is 0 Å². The molecule has 1 unspecified atom stereocenters. The fourth-order valence-corrected chi connectivity index (χ4v) is 4.70. The minimum absolute atomic E-state index is 0.503. The van der Waals surface area contributed by atoms with Gasteiger partial charge < -0.3 is 5.32 Å². The minimum Gasteiger partial charge on any atom is -0.308 e. The molecule has 2 rings (SSSR count). The van der Waals surface area contributed by atoms with Crippen LogP contribution in [-0.2, 0) is 0 Å². The van der Waals surface area contributed by atoms with Crippen LogP contribution in [0.15, 0.2) is 17.5 Å². The van der Waals surface area contributed by atoms with Crippen LogP contribution < -0.4 is 5.32 Å². The van der Waals surface area contributed by atoms with Crippen molar-refractivity contribution in [2.45, 2.75) is 56.2 Å². The molecule has 1 aromatic rings. The normalized spacial score (nSPS) is 20.8. The van der Waals surface area contributed by atoms with Crippen molar-refractivity contribution in [1.29, 1.82) is 0 Å². The molecule has 102 valence electrons. The van der Waals surface area contributed by atoms with Crippen LogP contribution in [0.1, 0.15) is 56.4 Å². The van der Waals surface area contributed by atoms with Crippen LogP contribution in [0, 0.1) is 0 Å². The largest absolute Gasteiger partial charge is 0.308 e. The highest BCUT2D eigenvalue weighted by Crippen LogP contribution is 2.38. The van der Waals surface area contributed by atoms with E-state index in [4.69, 9.17) is 0 Å². The molecule has 1 N–H and O–H groups in total. The molecule has 0 bridgehead atoms. The lowest BCUT2D eigenvalue weighted by atomic mass is 9.88. The van der Waals surface area contributed by atoms with Crippen molar-refractivity contribution in [3.8, 4) is 0 Å². The third-order valence-corrected chi connectivity index (χ3v) is 6.57. The van der Waals surface area contributed by atoms with Crippen molar-refractivity contribution in [2.75, 3.05) is 12.8 Å². The maximum Gasteiger partial charge on any atom is 0.0412 e. The zero-order chi connectivity index (χ0) is 12.8. The summed E-state index contributed by atoms with van der Waals surface area (Å²) in [6.07, 6.45) is 10.5. The van der Waals surface area contributed by atoms with Gasteiger partial charge in [0.1, 0.15) is 0 Å². The van der Waals surface area contributed by atoms with E-state index in [0.29, 0.717) is 10.8 Å². The van der Waals surface area contributed by atoms with Gasteiger partial charge in [0.25, 0.3) is 0 Å². The highest BCUT2D eigenvalue weighted by molar-refractivity contribution is 8.00. The zero-order valence-corrected chi connectivity index (χ0v) is 13.2. The van der Waals surface area contributed by atoms with E-state index >= 15 is 0 Å². The van der Waals surface area contributed by atoms with Gasteiger partial charge in [-0.25, -0.2) is 0 Å². The van der Waals surface area contributed by atoms with Crippen LogP contribution >= 0.6 is 23.1 Å². The maximum atomic E-state index is 3.82. The number of thiophene rings is 1. The summed E-state index contributed by atoms with van der Waals surface area (Å²) in [5, 5.41) is 6.01. The van der Waals surface area contributed by atoms with Gasteiger partial charge >= 0.3 is 0 Å². The molecule has 0 aliphatic heterocycles. The van der Waals surface area contributed by atoms with Crippen molar-refractivity contribution < 1.29 is 0 Å². The summed E-state index contributed by atoms with van der Waals surface area (Å²) in [6.45, 7) is 3.45. The molecule has 0 amide bonds. The summed E-state index contributed by atoms with van der Waals surface area (Å²) in [5.41, 5.74) is 0. The standard InChI is InChI=1S/C15H25NS2/c1-3-13(14-8-7-11-18-14)16-12-15(17-2)9-5-4-6-10-15/h7-8,11,13,16H,3-6,9-10,12H2,1-2H3. The van der Waals surface area contributed by atoms with Gasteiger partial charge in [-0.15, -0.1) is 11.3 Å². The summed E-state index contributed by atoms with van der Waals surface area (Å²) in [7, 11) is 0. The molecule has 0 saturated heterocycles. The van der Waals surface area contributed by atoms with Crippen molar-refractivity contribution in [1.82, 2.24) is 5.32 Å². The quantitative estimate of drug-likeness (QED) is 0.800. The van der Waals surface area contributed by atoms with Gasteiger partial charge in [-0.1, -0.05) is 32.3 Å². The Bertz CT molecular complexity index is 328. The lowest BCUT2D eigenvalue weighted by molar-refractivity contribution is 0.361. The monoisotopic (exact) mass is 283 g/mol. The van der Waals surface area contributed by atoms with Crippen molar-refractivity contribution in [3.63, 3.8) is 0 Å². The van der Waals surface area contributed by atoms with E-state index in [1.54, 1.807) is 0 Å². The fourth-order valence-electron chi connectivity index (χ4n) is 2.89. The average Bonchev–Trinajstić information content (AvgIpc) is 2.95. The van der Waals surface area contributed by atoms with Crippen LogP contribution in [0.4, 0.5) is 0 Å². The lowest BCUT2D eigenvalue weighted by Gasteiger charge is -2.37. The minimum atomic E-state index is 0.503. The summed E-state index contributed by atoms with van der Waals surface area (Å²) in [6, 6.07) is 4.98. The molecule has 18 heavy (non-hydrogen) atoms. The molecule has 1 aromatic heterocycles. The average molecular weight is 284 g/mol. The van der Waals surface area contributed by atoms with Gasteiger partial charge in [-0.05, 0) is 37.0 Å². The van der Waals surface area contributed by atoms with Crippen LogP contribution in [0.3, 0.4) is 0 Å². The summed E-state index contributed by atoms with van der Waals surface area (Å²) in [5.74, 6) is 0. The molecular weight excluding hydrogens is 258 g/mol. The molecule has 1 aliphatic rings. The molecule has 0 aromatic carbocycles. The van der Waals surface area contributed by atoms with Crippen LogP contribution in [0.5, 0.6) is 0 Å². The number of hydrogen-bond acceptors (Lipinski definition) is 3. The van der Waals surface area contributed by atoms with Crippen molar-refractivity contribution in [3.05, 3.63) is 22.4 Å². The Morgan fingerprint density at radius 2 is 2.17 bits per heavy atom. The first-order valence-corrected chi connectivity index (χ1v) is 9.22. The molecule has 0 spiro atoms. The maximum absolute atomic E-state index is 3.82. The Kier molecular flexibility index (Phi) is 5.58. The van der Waals surface area contributed by atoms with Gasteiger partial charge in [0.15, 0.2) is 0 Å². The van der Waals surface area contributed by atoms with Gasteiger partial charge in [0, 0.05) is 22.2 Å². The number of nitrogens with one attached hydrogen (secondary N) is 1. The summed E-state index contributed by atoms with van der Waals surface area (Å²) >= 11 is 3.96. The SMILES string of the molecule is CCC(NCC1(SC)CCCCC1)c1cccs1. The Hall–Kier alpha value is 0.01000. The van der Waals surface area contributed by atoms with E-state index in [2.05, 4.69) is 47.8 Å². The second kappa shape index (κ2) is 6.97. The summed E-state index contributed by atoms with van der Waals surface area (Å²) in [4.78, 5) is 1.49. The fraction of sp³-hybridized carbons (Fsp3) is 0.733. The molecule has 1 nitrogen and oxygen atoms in total. The summed E-state index contributed by atoms with van der Waals surface area (Å²) < 4.78 is 0.503. The Morgan fingerprint density at radius 1 is 1.39 bits per heavy atom. The van der Waals surface area contributed by atoms with E-state index in [0.717, 1.165) is 0 Å². The number of rotatable bonds is 6. The van der Waals surface area contributed by atoms with Crippen LogP contribution in [-0.4, -0.2) is 17.5 Å². The molecule has 1 atom stereocenters. The predicted octanol–water partition coefficient (Wildman–Crippen LogP) is 4.85. The smallest absolute Gasteiger partial charge is 0.0412 e. The zero-order valence-electron chi connectivity index (χ0n) is 11.6. The second-order valence-electron chi connectivity index (χ2n) is 5.30. The van der Waals surface area contributed by atoms with E-state index < -0.39 is 0 Å². The molecule has 0 radical (unpaired) electrons. The molecular formula is C15H25NS2. The Balaban J connectivity index is 1.92. The highest BCUT2D eigenvalue weighted by atomic mass is 32.2. The molecule has 1 aliphatic carbocycles. The third-order valence-electron chi connectivity index (χ3n) is 4.16. The third kappa shape index (κ3) is 3.52. The highest BCUT2D eigenvalue weighted by Gasteiger charge is 2.31. The van der Waals surface area contributed by atoms with Gasteiger partial charge in [0.05, 0.1) is 0 Å². The number of hydrogen-bond donors (Lipinski definition) is 1. The van der Waals surface area contributed by atoms with Crippen molar-refractivity contribution in [2.24, 2.45) is 0 Å². The molecule has 1 fully saturated rings. The first-order valence-electron chi connectivity index (χ1n) is 7.11. The van der Waals surface area contributed by atoms with Crippen LogP contribution in [0.25, 0.3) is 0 Å². The van der Waals surface area contributed by atoms with Crippen LogP contribution in [0.2, 0.25) is 0 Å².